The zero-order valence-electron chi connectivity index (χ0n) is 15.8. The highest BCUT2D eigenvalue weighted by molar-refractivity contribution is 7.98. The molecule has 0 aliphatic carbocycles. The fourth-order valence-corrected chi connectivity index (χ4v) is 4.65. The Morgan fingerprint density at radius 2 is 1.69 bits per heavy atom. The van der Waals surface area contributed by atoms with Crippen LogP contribution in [0.2, 0.25) is 5.02 Å². The molecule has 0 heterocycles. The van der Waals surface area contributed by atoms with Crippen molar-refractivity contribution < 1.29 is 13.2 Å². The lowest BCUT2D eigenvalue weighted by Gasteiger charge is -2.12. The molecule has 0 aromatic heterocycles. The number of hydrogen-bond acceptors (Lipinski definition) is 4. The molecule has 0 saturated heterocycles. The second kappa shape index (κ2) is 8.90. The molecule has 3 aromatic carbocycles. The molecule has 0 atom stereocenters. The van der Waals surface area contributed by atoms with E-state index in [-0.39, 0.29) is 10.8 Å². The van der Waals surface area contributed by atoms with Gasteiger partial charge in [0.15, 0.2) is 0 Å². The predicted molar refractivity (Wildman–Crippen MR) is 120 cm³/mol. The van der Waals surface area contributed by atoms with E-state index in [0.29, 0.717) is 22.0 Å². The molecule has 0 saturated carbocycles. The smallest absolute Gasteiger partial charge is 0.261 e. The first-order chi connectivity index (χ1) is 13.8. The second-order valence-electron chi connectivity index (χ2n) is 6.24. The number of sulfonamides is 1. The third-order valence-electron chi connectivity index (χ3n) is 4.21. The lowest BCUT2D eigenvalue weighted by molar-refractivity contribution is 0.102. The van der Waals surface area contributed by atoms with E-state index in [1.54, 1.807) is 49.4 Å². The highest BCUT2D eigenvalue weighted by Gasteiger charge is 2.16. The molecular weight excluding hydrogens is 428 g/mol. The molecule has 0 fully saturated rings. The number of carbonyl (C=O) groups excluding carboxylic acids is 1. The van der Waals surface area contributed by atoms with Crippen LogP contribution in [0.4, 0.5) is 11.4 Å². The Hall–Kier alpha value is -2.48. The molecule has 3 rings (SSSR count). The van der Waals surface area contributed by atoms with Crippen molar-refractivity contribution in [1.29, 1.82) is 0 Å². The first-order valence-corrected chi connectivity index (χ1v) is 11.7. The highest BCUT2D eigenvalue weighted by atomic mass is 35.5. The van der Waals surface area contributed by atoms with Crippen molar-refractivity contribution in [3.8, 4) is 0 Å². The van der Waals surface area contributed by atoms with Crippen LogP contribution < -0.4 is 10.0 Å². The van der Waals surface area contributed by atoms with Crippen molar-refractivity contribution in [3.05, 3.63) is 82.9 Å². The largest absolute Gasteiger partial charge is 0.322 e. The number of aryl methyl sites for hydroxylation is 1. The summed E-state index contributed by atoms with van der Waals surface area (Å²) in [5.74, 6) is -0.250. The van der Waals surface area contributed by atoms with Crippen LogP contribution in [0.25, 0.3) is 0 Å². The van der Waals surface area contributed by atoms with Gasteiger partial charge in [0.05, 0.1) is 16.1 Å². The molecule has 8 heteroatoms. The number of rotatable bonds is 6. The van der Waals surface area contributed by atoms with E-state index in [4.69, 9.17) is 11.6 Å². The monoisotopic (exact) mass is 446 g/mol. The van der Waals surface area contributed by atoms with Gasteiger partial charge in [0.25, 0.3) is 15.9 Å². The molecule has 3 aromatic rings. The minimum Gasteiger partial charge on any atom is -0.322 e. The van der Waals surface area contributed by atoms with Crippen LogP contribution >= 0.6 is 23.4 Å². The van der Waals surface area contributed by atoms with Gasteiger partial charge < -0.3 is 5.32 Å². The summed E-state index contributed by atoms with van der Waals surface area (Å²) in [6.07, 6.45) is 1.90. The molecule has 0 aliphatic rings. The van der Waals surface area contributed by atoms with Crippen LogP contribution in [0.3, 0.4) is 0 Å². The van der Waals surface area contributed by atoms with E-state index >= 15 is 0 Å². The van der Waals surface area contributed by atoms with Crippen LogP contribution in [0.5, 0.6) is 0 Å². The van der Waals surface area contributed by atoms with E-state index in [1.165, 1.54) is 23.9 Å². The zero-order chi connectivity index (χ0) is 21.0. The SMILES string of the molecule is CSc1ccccc1C(=O)Nc1ccc(S(=O)(=O)Nc2ccc(Cl)cc2C)cc1. The van der Waals surface area contributed by atoms with Gasteiger partial charge in [-0.15, -0.1) is 11.8 Å². The van der Waals surface area contributed by atoms with E-state index in [2.05, 4.69) is 10.0 Å². The van der Waals surface area contributed by atoms with Crippen LogP contribution in [0, 0.1) is 6.92 Å². The number of hydrogen-bond donors (Lipinski definition) is 2. The molecule has 150 valence electrons. The van der Waals surface area contributed by atoms with Crippen molar-refractivity contribution in [3.63, 3.8) is 0 Å². The maximum atomic E-state index is 12.6. The summed E-state index contributed by atoms with van der Waals surface area (Å²) in [6, 6.07) is 18.2. The van der Waals surface area contributed by atoms with Gasteiger partial charge in [0, 0.05) is 15.6 Å². The number of amides is 1. The fourth-order valence-electron chi connectivity index (χ4n) is 2.69. The number of thioether (sulfide) groups is 1. The van der Waals surface area contributed by atoms with Crippen LogP contribution in [0.1, 0.15) is 15.9 Å². The van der Waals surface area contributed by atoms with Gasteiger partial charge in [0.1, 0.15) is 0 Å². The molecule has 0 bridgehead atoms. The molecule has 0 unspecified atom stereocenters. The number of nitrogens with one attached hydrogen (secondary N) is 2. The van der Waals surface area contributed by atoms with Crippen LogP contribution in [-0.4, -0.2) is 20.6 Å². The molecule has 5 nitrogen and oxygen atoms in total. The number of carbonyl (C=O) groups is 1. The lowest BCUT2D eigenvalue weighted by Crippen LogP contribution is -2.15. The second-order valence-corrected chi connectivity index (χ2v) is 9.21. The van der Waals surface area contributed by atoms with Gasteiger partial charge in [-0.3, -0.25) is 9.52 Å². The maximum Gasteiger partial charge on any atom is 0.261 e. The fraction of sp³-hybridized carbons (Fsp3) is 0.0952. The Kier molecular flexibility index (Phi) is 6.52. The van der Waals surface area contributed by atoms with Gasteiger partial charge in [0.2, 0.25) is 0 Å². The normalized spacial score (nSPS) is 11.1. The number of anilines is 2. The van der Waals surface area contributed by atoms with Crippen molar-refractivity contribution in [1.82, 2.24) is 0 Å². The summed E-state index contributed by atoms with van der Waals surface area (Å²) in [7, 11) is -3.77. The molecule has 0 spiro atoms. The third-order valence-corrected chi connectivity index (χ3v) is 6.62. The van der Waals surface area contributed by atoms with Gasteiger partial charge in [-0.2, -0.15) is 0 Å². The molecule has 2 N–H and O–H groups in total. The average molecular weight is 447 g/mol. The van der Waals surface area contributed by atoms with E-state index in [0.717, 1.165) is 10.5 Å². The summed E-state index contributed by atoms with van der Waals surface area (Å²) >= 11 is 7.40. The first-order valence-electron chi connectivity index (χ1n) is 8.63. The summed E-state index contributed by atoms with van der Waals surface area (Å²) in [5.41, 5.74) is 2.25. The number of benzene rings is 3. The van der Waals surface area contributed by atoms with Crippen molar-refractivity contribution in [2.75, 3.05) is 16.3 Å². The minimum atomic E-state index is -3.77. The van der Waals surface area contributed by atoms with Crippen molar-refractivity contribution >= 4 is 50.7 Å². The van der Waals surface area contributed by atoms with Gasteiger partial charge in [-0.1, -0.05) is 23.7 Å². The van der Waals surface area contributed by atoms with E-state index < -0.39 is 10.0 Å². The van der Waals surface area contributed by atoms with Gasteiger partial charge in [-0.25, -0.2) is 8.42 Å². The Labute approximate surface area is 179 Å². The standard InChI is InChI=1S/C21H19ClN2O3S2/c1-14-13-15(22)7-12-19(14)24-29(26,27)17-10-8-16(9-11-17)23-21(25)18-5-3-4-6-20(18)28-2/h3-13,24H,1-2H3,(H,23,25). The summed E-state index contributed by atoms with van der Waals surface area (Å²) in [6.45, 7) is 1.77. The Balaban J connectivity index is 1.76. The maximum absolute atomic E-state index is 12.6. The summed E-state index contributed by atoms with van der Waals surface area (Å²) in [4.78, 5) is 13.5. The average Bonchev–Trinajstić information content (AvgIpc) is 2.70. The highest BCUT2D eigenvalue weighted by Crippen LogP contribution is 2.24. The molecule has 29 heavy (non-hydrogen) atoms. The topological polar surface area (TPSA) is 75.3 Å². The van der Waals surface area contributed by atoms with Crippen molar-refractivity contribution in [2.24, 2.45) is 0 Å². The van der Waals surface area contributed by atoms with E-state index in [9.17, 15) is 13.2 Å². The lowest BCUT2D eigenvalue weighted by atomic mass is 10.2. The molecule has 1 amide bonds. The van der Waals surface area contributed by atoms with E-state index in [1.807, 2.05) is 18.4 Å². The van der Waals surface area contributed by atoms with Crippen molar-refractivity contribution in [2.45, 2.75) is 16.7 Å². The Bertz CT molecular complexity index is 1150. The third kappa shape index (κ3) is 5.12. The Morgan fingerprint density at radius 3 is 2.34 bits per heavy atom. The first kappa shape index (κ1) is 21.2. The molecular formula is C21H19ClN2O3S2. The molecule has 0 aliphatic heterocycles. The van der Waals surface area contributed by atoms with Gasteiger partial charge >= 0.3 is 0 Å². The van der Waals surface area contributed by atoms with Crippen LogP contribution in [-0.2, 0) is 10.0 Å². The quantitative estimate of drug-likeness (QED) is 0.495. The van der Waals surface area contributed by atoms with Crippen LogP contribution in [0.15, 0.2) is 76.5 Å². The summed E-state index contributed by atoms with van der Waals surface area (Å²) in [5, 5.41) is 3.33. The molecule has 0 radical (unpaired) electrons. The Morgan fingerprint density at radius 1 is 1.00 bits per heavy atom. The zero-order valence-corrected chi connectivity index (χ0v) is 18.2. The number of halogens is 1. The van der Waals surface area contributed by atoms with Gasteiger partial charge in [-0.05, 0) is 73.3 Å². The predicted octanol–water partition coefficient (Wildman–Crippen LogP) is 5.42. The minimum absolute atomic E-state index is 0.0920. The summed E-state index contributed by atoms with van der Waals surface area (Å²) < 4.78 is 27.8.